The highest BCUT2D eigenvalue weighted by Gasteiger charge is 2.33. The summed E-state index contributed by atoms with van der Waals surface area (Å²) in [6.45, 7) is 0. The van der Waals surface area contributed by atoms with Gasteiger partial charge in [-0.05, 0) is 12.1 Å². The van der Waals surface area contributed by atoms with Gasteiger partial charge in [-0.3, -0.25) is 0 Å². The van der Waals surface area contributed by atoms with Crippen LogP contribution in [0.5, 0.6) is 11.5 Å². The van der Waals surface area contributed by atoms with Crippen LogP contribution in [0.1, 0.15) is 5.69 Å². The average Bonchev–Trinajstić information content (AvgIpc) is 2.36. The molecule has 2 aromatic rings. The fraction of sp³-hybridized carbons (Fsp3) is 0.250. The highest BCUT2D eigenvalue weighted by molar-refractivity contribution is 6.35. The van der Waals surface area contributed by atoms with E-state index in [9.17, 15) is 13.2 Å². The van der Waals surface area contributed by atoms with Gasteiger partial charge in [0, 0.05) is 11.5 Å². The lowest BCUT2D eigenvalue weighted by molar-refractivity contribution is -0.140. The zero-order valence-electron chi connectivity index (χ0n) is 10.0. The predicted molar refractivity (Wildman–Crippen MR) is 64.9 cm³/mol. The minimum Gasteiger partial charge on any atom is -0.497 e. The molecule has 0 saturated carbocycles. The summed E-state index contributed by atoms with van der Waals surface area (Å²) in [6, 6.07) is 3.74. The zero-order valence-corrected chi connectivity index (χ0v) is 10.8. The van der Waals surface area contributed by atoms with Crippen molar-refractivity contribution >= 4 is 22.5 Å². The first-order chi connectivity index (χ1) is 8.86. The maximum Gasteiger partial charge on any atom is 0.433 e. The van der Waals surface area contributed by atoms with Gasteiger partial charge in [0.05, 0.1) is 19.2 Å². The van der Waals surface area contributed by atoms with E-state index in [4.69, 9.17) is 21.1 Å². The van der Waals surface area contributed by atoms with Gasteiger partial charge in [0.2, 0.25) is 0 Å². The molecule has 0 N–H and O–H groups in total. The number of ether oxygens (including phenoxy) is 2. The molecular weight excluding hydrogens is 283 g/mol. The summed E-state index contributed by atoms with van der Waals surface area (Å²) < 4.78 is 48.1. The third kappa shape index (κ3) is 2.53. The molecule has 0 bridgehead atoms. The molecule has 0 aliphatic heterocycles. The van der Waals surface area contributed by atoms with Crippen LogP contribution in [0.15, 0.2) is 18.2 Å². The van der Waals surface area contributed by atoms with E-state index in [1.165, 1.54) is 26.4 Å². The van der Waals surface area contributed by atoms with E-state index in [0.717, 1.165) is 6.07 Å². The molecule has 1 aromatic heterocycles. The third-order valence-corrected chi connectivity index (χ3v) is 2.86. The second-order valence-electron chi connectivity index (χ2n) is 3.71. The third-order valence-electron chi connectivity index (χ3n) is 2.55. The van der Waals surface area contributed by atoms with Crippen LogP contribution in [-0.4, -0.2) is 19.2 Å². The molecule has 0 saturated heterocycles. The number of rotatable bonds is 2. The van der Waals surface area contributed by atoms with Gasteiger partial charge in [-0.25, -0.2) is 4.98 Å². The van der Waals surface area contributed by atoms with Gasteiger partial charge < -0.3 is 9.47 Å². The van der Waals surface area contributed by atoms with Crippen molar-refractivity contribution in [3.8, 4) is 11.5 Å². The van der Waals surface area contributed by atoms with E-state index >= 15 is 0 Å². The molecule has 0 radical (unpaired) electrons. The van der Waals surface area contributed by atoms with Crippen molar-refractivity contribution in [3.05, 3.63) is 28.9 Å². The van der Waals surface area contributed by atoms with E-state index in [2.05, 4.69) is 4.98 Å². The molecule has 0 atom stereocenters. The molecule has 0 spiro atoms. The topological polar surface area (TPSA) is 31.4 Å². The first-order valence-electron chi connectivity index (χ1n) is 5.16. The summed E-state index contributed by atoms with van der Waals surface area (Å²) in [5.74, 6) is 0.593. The Balaban J connectivity index is 2.80. The van der Waals surface area contributed by atoms with Crippen LogP contribution < -0.4 is 9.47 Å². The van der Waals surface area contributed by atoms with E-state index in [1.807, 2.05) is 0 Å². The number of alkyl halides is 3. The van der Waals surface area contributed by atoms with E-state index in [1.54, 1.807) is 0 Å². The van der Waals surface area contributed by atoms with Crippen molar-refractivity contribution in [2.75, 3.05) is 14.2 Å². The van der Waals surface area contributed by atoms with Gasteiger partial charge in [-0.1, -0.05) is 11.6 Å². The van der Waals surface area contributed by atoms with Crippen molar-refractivity contribution in [1.29, 1.82) is 0 Å². The average molecular weight is 292 g/mol. The largest absolute Gasteiger partial charge is 0.497 e. The number of pyridine rings is 1. The molecule has 2 rings (SSSR count). The van der Waals surface area contributed by atoms with Crippen LogP contribution >= 0.6 is 11.6 Å². The summed E-state index contributed by atoms with van der Waals surface area (Å²) in [5.41, 5.74) is -1.02. The lowest BCUT2D eigenvalue weighted by Crippen LogP contribution is -2.08. The van der Waals surface area contributed by atoms with Gasteiger partial charge in [0.25, 0.3) is 0 Å². The molecule has 0 aliphatic carbocycles. The van der Waals surface area contributed by atoms with Crippen LogP contribution in [-0.2, 0) is 6.18 Å². The van der Waals surface area contributed by atoms with Crippen molar-refractivity contribution in [3.63, 3.8) is 0 Å². The molecule has 0 fully saturated rings. The van der Waals surface area contributed by atoms with Gasteiger partial charge in [0.1, 0.15) is 22.7 Å². The van der Waals surface area contributed by atoms with E-state index < -0.39 is 11.9 Å². The first-order valence-corrected chi connectivity index (χ1v) is 5.54. The number of fused-ring (bicyclic) bond motifs is 1. The Morgan fingerprint density at radius 3 is 2.32 bits per heavy atom. The summed E-state index contributed by atoms with van der Waals surface area (Å²) in [7, 11) is 2.77. The number of halogens is 4. The highest BCUT2D eigenvalue weighted by atomic mass is 35.5. The first kappa shape index (κ1) is 13.7. The SMILES string of the molecule is COc1cc(OC)c2nc(C(F)(F)F)cc(Cl)c2c1. The van der Waals surface area contributed by atoms with Crippen LogP contribution in [0.4, 0.5) is 13.2 Å². The van der Waals surface area contributed by atoms with Gasteiger partial charge in [-0.15, -0.1) is 0 Å². The summed E-state index contributed by atoms with van der Waals surface area (Å²) in [6.07, 6.45) is -4.57. The molecule has 1 aromatic carbocycles. The van der Waals surface area contributed by atoms with E-state index in [0.29, 0.717) is 11.1 Å². The van der Waals surface area contributed by atoms with Crippen molar-refractivity contribution in [2.45, 2.75) is 6.18 Å². The summed E-state index contributed by atoms with van der Waals surface area (Å²) in [5, 5.41) is 0.278. The Morgan fingerprint density at radius 2 is 1.79 bits per heavy atom. The number of aromatic nitrogens is 1. The predicted octanol–water partition coefficient (Wildman–Crippen LogP) is 3.92. The molecule has 7 heteroatoms. The van der Waals surface area contributed by atoms with Crippen LogP contribution in [0.25, 0.3) is 10.9 Å². The van der Waals surface area contributed by atoms with Crippen LogP contribution in [0.3, 0.4) is 0 Å². The summed E-state index contributed by atoms with van der Waals surface area (Å²) in [4.78, 5) is 3.56. The molecule has 102 valence electrons. The maximum absolute atomic E-state index is 12.7. The quantitative estimate of drug-likeness (QED) is 0.840. The normalized spacial score (nSPS) is 11.7. The Bertz CT molecular complexity index is 628. The minimum absolute atomic E-state index is 0.0446. The number of nitrogens with zero attached hydrogens (tertiary/aromatic N) is 1. The smallest absolute Gasteiger partial charge is 0.433 e. The second-order valence-corrected chi connectivity index (χ2v) is 4.12. The van der Waals surface area contributed by atoms with Crippen molar-refractivity contribution in [2.24, 2.45) is 0 Å². The zero-order chi connectivity index (χ0) is 14.2. The van der Waals surface area contributed by atoms with Gasteiger partial charge in [0.15, 0.2) is 0 Å². The lowest BCUT2D eigenvalue weighted by Gasteiger charge is -2.12. The van der Waals surface area contributed by atoms with E-state index in [-0.39, 0.29) is 16.3 Å². The standard InChI is InChI=1S/C12H9ClF3NO2/c1-18-6-3-7-8(13)5-10(12(14,15)16)17-11(7)9(4-6)19-2/h3-5H,1-2H3. The fourth-order valence-corrected chi connectivity index (χ4v) is 1.90. The second kappa shape index (κ2) is 4.77. The van der Waals surface area contributed by atoms with Gasteiger partial charge in [-0.2, -0.15) is 13.2 Å². The Kier molecular flexibility index (Phi) is 3.45. The molecule has 19 heavy (non-hydrogen) atoms. The summed E-state index contributed by atoms with van der Waals surface area (Å²) >= 11 is 5.88. The molecular formula is C12H9ClF3NO2. The van der Waals surface area contributed by atoms with Crippen LogP contribution in [0, 0.1) is 0 Å². The number of methoxy groups -OCH3 is 2. The monoisotopic (exact) mass is 291 g/mol. The number of benzene rings is 1. The lowest BCUT2D eigenvalue weighted by atomic mass is 10.1. The Hall–Kier alpha value is -1.69. The minimum atomic E-state index is -4.57. The fourth-order valence-electron chi connectivity index (χ4n) is 1.65. The van der Waals surface area contributed by atoms with Crippen molar-refractivity contribution < 1.29 is 22.6 Å². The Morgan fingerprint density at radius 1 is 1.11 bits per heavy atom. The molecule has 1 heterocycles. The molecule has 0 unspecified atom stereocenters. The molecule has 0 aliphatic rings. The Labute approximate surface area is 111 Å². The maximum atomic E-state index is 12.7. The number of hydrogen-bond acceptors (Lipinski definition) is 3. The van der Waals surface area contributed by atoms with Crippen LogP contribution in [0.2, 0.25) is 5.02 Å². The molecule has 0 amide bonds. The van der Waals surface area contributed by atoms with Crippen molar-refractivity contribution in [1.82, 2.24) is 4.98 Å². The number of hydrogen-bond donors (Lipinski definition) is 0. The van der Waals surface area contributed by atoms with Gasteiger partial charge >= 0.3 is 6.18 Å². The molecule has 3 nitrogen and oxygen atoms in total. The highest BCUT2D eigenvalue weighted by Crippen LogP contribution is 2.37.